The van der Waals surface area contributed by atoms with Gasteiger partial charge in [0.1, 0.15) is 29.3 Å². The van der Waals surface area contributed by atoms with E-state index in [1.165, 1.54) is 14.0 Å². The van der Waals surface area contributed by atoms with Gasteiger partial charge < -0.3 is 24.1 Å². The predicted molar refractivity (Wildman–Crippen MR) is 125 cm³/mol. The third kappa shape index (κ3) is 3.04. The van der Waals surface area contributed by atoms with E-state index in [1.54, 1.807) is 0 Å². The lowest BCUT2D eigenvalue weighted by atomic mass is 9.42. The van der Waals surface area contributed by atoms with Crippen LogP contribution in [-0.4, -0.2) is 48.3 Å². The largest absolute Gasteiger partial charge is 0.495 e. The van der Waals surface area contributed by atoms with Crippen LogP contribution in [0.15, 0.2) is 0 Å². The Hall–Kier alpha value is -2.61. The number of ether oxygens (including phenoxy) is 4. The molecule has 0 aromatic heterocycles. The van der Waals surface area contributed by atoms with E-state index in [0.29, 0.717) is 53.0 Å². The van der Waals surface area contributed by atoms with Crippen molar-refractivity contribution in [2.24, 2.45) is 16.7 Å². The Balaban J connectivity index is 1.65. The summed E-state index contributed by atoms with van der Waals surface area (Å²) in [6.07, 6.45) is 4.71. The molecule has 1 aromatic rings. The number of hydrogen-bond donors (Lipinski definition) is 1. The fourth-order valence-corrected chi connectivity index (χ4v) is 7.78. The molecule has 2 aliphatic heterocycles. The van der Waals surface area contributed by atoms with Gasteiger partial charge in [0.2, 0.25) is 0 Å². The molecule has 2 saturated carbocycles. The molecule has 0 amide bonds. The van der Waals surface area contributed by atoms with Gasteiger partial charge in [0.25, 0.3) is 0 Å². The number of carbonyl (C=O) groups excluding carboxylic acids is 3. The summed E-state index contributed by atoms with van der Waals surface area (Å²) in [6.45, 7) is 7.75. The molecule has 2 fully saturated rings. The van der Waals surface area contributed by atoms with Gasteiger partial charge in [-0.25, -0.2) is 4.79 Å². The maximum Gasteiger partial charge on any atom is 0.342 e. The van der Waals surface area contributed by atoms with Crippen molar-refractivity contribution in [3.8, 4) is 11.5 Å². The first kappa shape index (κ1) is 24.1. The molecule has 35 heavy (non-hydrogen) atoms. The molecule has 190 valence electrons. The Morgan fingerprint density at radius 2 is 1.91 bits per heavy atom. The van der Waals surface area contributed by atoms with Crippen LogP contribution in [0.5, 0.6) is 11.5 Å². The summed E-state index contributed by atoms with van der Waals surface area (Å²) in [4.78, 5) is 36.4. The fraction of sp³-hybridized carbons (Fsp3) is 0.667. The number of cyclic esters (lactones) is 1. The maximum absolute atomic E-state index is 12.6. The van der Waals surface area contributed by atoms with E-state index in [1.807, 2.05) is 6.92 Å². The molecule has 0 saturated heterocycles. The summed E-state index contributed by atoms with van der Waals surface area (Å²) in [5, 5.41) is 12.4. The van der Waals surface area contributed by atoms with Crippen LogP contribution >= 0.6 is 0 Å². The molecule has 1 aromatic carbocycles. The number of esters is 2. The lowest BCUT2D eigenvalue weighted by Gasteiger charge is -2.67. The molecule has 0 spiro atoms. The smallest absolute Gasteiger partial charge is 0.342 e. The average molecular weight is 487 g/mol. The van der Waals surface area contributed by atoms with Gasteiger partial charge >= 0.3 is 11.9 Å². The highest BCUT2D eigenvalue weighted by Crippen LogP contribution is 2.67. The number of benzene rings is 1. The maximum atomic E-state index is 12.6. The summed E-state index contributed by atoms with van der Waals surface area (Å²) >= 11 is 0. The number of methoxy groups -OCH3 is 1. The Morgan fingerprint density at radius 3 is 2.57 bits per heavy atom. The zero-order chi connectivity index (χ0) is 25.4. The first-order chi connectivity index (χ1) is 16.4. The SMILES string of the molecule is COc1c2c(c(C=O)c3c1C(=O)OC3)O[C@]1(C)CC[C@@]3(O)[C@@](C)(COC(C)=O)CCC[C@]3(C)[C@H]1C2. The van der Waals surface area contributed by atoms with Gasteiger partial charge in [-0.15, -0.1) is 0 Å². The van der Waals surface area contributed by atoms with Crippen LogP contribution in [0.2, 0.25) is 0 Å². The Morgan fingerprint density at radius 1 is 1.17 bits per heavy atom. The number of fused-ring (bicyclic) bond motifs is 5. The first-order valence-corrected chi connectivity index (χ1v) is 12.4. The third-order valence-electron chi connectivity index (χ3n) is 9.72. The molecule has 4 aliphatic rings. The van der Waals surface area contributed by atoms with Gasteiger partial charge in [0.15, 0.2) is 6.29 Å². The first-order valence-electron chi connectivity index (χ1n) is 12.4. The van der Waals surface area contributed by atoms with Crippen molar-refractivity contribution >= 4 is 18.2 Å². The summed E-state index contributed by atoms with van der Waals surface area (Å²) in [5.41, 5.74) is -1.07. The third-order valence-corrected chi connectivity index (χ3v) is 9.72. The van der Waals surface area contributed by atoms with Crippen molar-refractivity contribution in [3.05, 3.63) is 22.3 Å². The summed E-state index contributed by atoms with van der Waals surface area (Å²) in [7, 11) is 1.51. The highest BCUT2D eigenvalue weighted by molar-refractivity contribution is 6.01. The molecule has 0 bridgehead atoms. The second kappa shape index (κ2) is 7.69. The Bertz CT molecular complexity index is 1130. The van der Waals surface area contributed by atoms with Crippen molar-refractivity contribution < 1.29 is 38.4 Å². The molecule has 5 rings (SSSR count). The minimum absolute atomic E-state index is 0.0152. The summed E-state index contributed by atoms with van der Waals surface area (Å²) < 4.78 is 23.1. The van der Waals surface area contributed by atoms with E-state index in [2.05, 4.69) is 13.8 Å². The van der Waals surface area contributed by atoms with E-state index in [-0.39, 0.29) is 25.1 Å². The minimum Gasteiger partial charge on any atom is -0.495 e. The fourth-order valence-electron chi connectivity index (χ4n) is 7.78. The zero-order valence-electron chi connectivity index (χ0n) is 21.1. The molecular formula is C27H34O8. The highest BCUT2D eigenvalue weighted by atomic mass is 16.5. The van der Waals surface area contributed by atoms with Crippen molar-refractivity contribution in [2.75, 3.05) is 13.7 Å². The van der Waals surface area contributed by atoms with Gasteiger partial charge in [0.05, 0.1) is 24.9 Å². The quantitative estimate of drug-likeness (QED) is 0.506. The van der Waals surface area contributed by atoms with E-state index < -0.39 is 28.0 Å². The van der Waals surface area contributed by atoms with Crippen LogP contribution in [0.4, 0.5) is 0 Å². The van der Waals surface area contributed by atoms with Crippen molar-refractivity contribution in [2.45, 2.75) is 84.0 Å². The topological polar surface area (TPSA) is 108 Å². The molecular weight excluding hydrogens is 452 g/mol. The predicted octanol–water partition coefficient (Wildman–Crippen LogP) is 3.77. The van der Waals surface area contributed by atoms with Crippen LogP contribution in [0, 0.1) is 16.7 Å². The number of carbonyl (C=O) groups is 3. The van der Waals surface area contributed by atoms with Crippen LogP contribution < -0.4 is 9.47 Å². The molecule has 8 heteroatoms. The highest BCUT2D eigenvalue weighted by Gasteiger charge is 2.69. The number of aliphatic hydroxyl groups is 1. The summed E-state index contributed by atoms with van der Waals surface area (Å²) in [6, 6.07) is 0. The normalized spacial score (nSPS) is 37.1. The lowest BCUT2D eigenvalue weighted by Crippen LogP contribution is -2.72. The van der Waals surface area contributed by atoms with Crippen LogP contribution in [0.25, 0.3) is 0 Å². The van der Waals surface area contributed by atoms with Gasteiger partial charge in [-0.05, 0) is 39.0 Å². The van der Waals surface area contributed by atoms with Crippen LogP contribution in [-0.2, 0) is 27.3 Å². The lowest BCUT2D eigenvalue weighted by molar-refractivity contribution is -0.275. The monoisotopic (exact) mass is 486 g/mol. The minimum atomic E-state index is -1.09. The van der Waals surface area contributed by atoms with E-state index in [4.69, 9.17) is 18.9 Å². The van der Waals surface area contributed by atoms with Crippen LogP contribution in [0.3, 0.4) is 0 Å². The summed E-state index contributed by atoms with van der Waals surface area (Å²) in [5.74, 6) is -0.137. The van der Waals surface area contributed by atoms with Crippen molar-refractivity contribution in [3.63, 3.8) is 0 Å². The molecule has 2 heterocycles. The molecule has 8 nitrogen and oxygen atoms in total. The second-order valence-corrected chi connectivity index (χ2v) is 11.4. The van der Waals surface area contributed by atoms with Gasteiger partial charge in [-0.2, -0.15) is 0 Å². The molecule has 5 atom stereocenters. The standard InChI is InChI=1S/C27H34O8/c1-15(29)34-14-24(2)7-6-8-25(3)19-11-16-21(35-26(19,4)9-10-27(24,25)31)17(12-28)18-13-33-23(30)20(18)22(16)32-5/h12,19,31H,6-11,13-14H2,1-5H3/t19-,24-,25-,26-,27-/m1/s1. The van der Waals surface area contributed by atoms with E-state index in [9.17, 15) is 19.5 Å². The van der Waals surface area contributed by atoms with Gasteiger partial charge in [-0.3, -0.25) is 9.59 Å². The van der Waals surface area contributed by atoms with Crippen LogP contribution in [0.1, 0.15) is 91.6 Å². The Kier molecular flexibility index (Phi) is 5.30. The second-order valence-electron chi connectivity index (χ2n) is 11.4. The molecule has 0 radical (unpaired) electrons. The molecule has 0 unspecified atom stereocenters. The Labute approximate surface area is 205 Å². The van der Waals surface area contributed by atoms with Crippen molar-refractivity contribution in [1.29, 1.82) is 0 Å². The van der Waals surface area contributed by atoms with Gasteiger partial charge in [-0.1, -0.05) is 20.3 Å². The number of aldehydes is 1. The average Bonchev–Trinajstić information content (AvgIpc) is 3.18. The molecule has 1 N–H and O–H groups in total. The van der Waals surface area contributed by atoms with E-state index >= 15 is 0 Å². The number of hydrogen-bond acceptors (Lipinski definition) is 8. The number of rotatable bonds is 4. The zero-order valence-corrected chi connectivity index (χ0v) is 21.1. The molecule has 2 aliphatic carbocycles. The van der Waals surface area contributed by atoms with Gasteiger partial charge in [0, 0.05) is 34.8 Å². The van der Waals surface area contributed by atoms with E-state index in [0.717, 1.165) is 25.5 Å². The van der Waals surface area contributed by atoms with Crippen molar-refractivity contribution in [1.82, 2.24) is 0 Å².